The van der Waals surface area contributed by atoms with Crippen LogP contribution in [0, 0.1) is 27.7 Å². The Morgan fingerprint density at radius 3 is 1.05 bits per heavy atom. The van der Waals surface area contributed by atoms with Crippen LogP contribution < -0.4 is 0 Å². The van der Waals surface area contributed by atoms with Gasteiger partial charge in [-0.05, 0) is 110 Å². The zero-order valence-electron chi connectivity index (χ0n) is 22.2. The Morgan fingerprint density at radius 2 is 0.795 bits per heavy atom. The largest absolute Gasteiger partial charge is 0.508 e. The lowest BCUT2D eigenvalue weighted by atomic mass is 9.95. The zero-order valence-corrected chi connectivity index (χ0v) is 25.4. The summed E-state index contributed by atoms with van der Waals surface area (Å²) in [7, 11) is 0. The Bertz CT molecular complexity index is 1280. The molecule has 0 saturated carbocycles. The smallest absolute Gasteiger partial charge is 0.180 e. The van der Waals surface area contributed by atoms with Gasteiger partial charge in [-0.1, -0.05) is 68.3 Å². The molecule has 0 bridgehead atoms. The maximum atomic E-state index is 12.4. The van der Waals surface area contributed by atoms with Crippen molar-refractivity contribution in [2.24, 2.45) is 0 Å². The number of carbonyl (C=O) groups is 2. The molecule has 4 aromatic rings. The number of hydrogen-bond donors (Lipinski definition) is 2. The molecule has 0 spiro atoms. The molecular formula is C32H32Br2O5. The average molecular weight is 656 g/mol. The second kappa shape index (κ2) is 14.2. The predicted octanol–water partition coefficient (Wildman–Crippen LogP) is 7.83. The Hall–Kier alpha value is -3.26. The van der Waals surface area contributed by atoms with E-state index < -0.39 is 0 Å². The summed E-state index contributed by atoms with van der Waals surface area (Å²) in [5.41, 5.74) is 7.57. The van der Waals surface area contributed by atoms with Gasteiger partial charge in [-0.15, -0.1) is 0 Å². The number of halogens is 2. The summed E-state index contributed by atoms with van der Waals surface area (Å²) in [4.78, 5) is 24.1. The summed E-state index contributed by atoms with van der Waals surface area (Å²) in [5, 5.41) is 18.5. The number of phenols is 2. The van der Waals surface area contributed by atoms with Crippen LogP contribution in [-0.4, -0.2) is 27.3 Å². The molecular weight excluding hydrogens is 624 g/mol. The highest BCUT2D eigenvalue weighted by Gasteiger charge is 2.23. The number of Topliss-reactive ketones (excluding diaryl/α,β-unsaturated/α-hetero) is 2. The maximum absolute atomic E-state index is 12.4. The van der Waals surface area contributed by atoms with Gasteiger partial charge in [0.2, 0.25) is 0 Å². The molecule has 0 aromatic heterocycles. The fourth-order valence-corrected chi connectivity index (χ4v) is 6.23. The SMILES string of the molecule is Cc1cccc(C)c1C(Br)C(=O)c1ccc(O)cc1.Cc1cccc(C)c1C(Br)C(=O)c1ccc(O)cc1.O. The van der Waals surface area contributed by atoms with E-state index in [-0.39, 0.29) is 38.2 Å². The highest BCUT2D eigenvalue weighted by atomic mass is 79.9. The van der Waals surface area contributed by atoms with E-state index in [1.165, 1.54) is 24.3 Å². The minimum Gasteiger partial charge on any atom is -0.508 e. The van der Waals surface area contributed by atoms with Gasteiger partial charge in [0, 0.05) is 11.1 Å². The summed E-state index contributed by atoms with van der Waals surface area (Å²) in [6, 6.07) is 24.6. The summed E-state index contributed by atoms with van der Waals surface area (Å²) in [6.45, 7) is 8.00. The number of hydrogen-bond acceptors (Lipinski definition) is 4. The lowest BCUT2D eigenvalue weighted by Crippen LogP contribution is -2.09. The highest BCUT2D eigenvalue weighted by Crippen LogP contribution is 2.33. The molecule has 39 heavy (non-hydrogen) atoms. The zero-order chi connectivity index (χ0) is 28.0. The first-order valence-electron chi connectivity index (χ1n) is 12.1. The van der Waals surface area contributed by atoms with Crippen molar-refractivity contribution in [3.8, 4) is 11.5 Å². The van der Waals surface area contributed by atoms with Crippen molar-refractivity contribution in [1.29, 1.82) is 0 Å². The Kier molecular flexibility index (Phi) is 11.6. The van der Waals surface area contributed by atoms with Gasteiger partial charge in [-0.2, -0.15) is 0 Å². The van der Waals surface area contributed by atoms with Crippen LogP contribution in [0.4, 0.5) is 0 Å². The molecule has 0 aliphatic carbocycles. The van der Waals surface area contributed by atoms with Gasteiger partial charge in [-0.3, -0.25) is 9.59 Å². The Labute approximate surface area is 246 Å². The molecule has 7 heteroatoms. The van der Waals surface area contributed by atoms with Gasteiger partial charge in [-0.25, -0.2) is 0 Å². The van der Waals surface area contributed by atoms with Crippen molar-refractivity contribution in [3.05, 3.63) is 129 Å². The van der Waals surface area contributed by atoms with E-state index in [4.69, 9.17) is 0 Å². The highest BCUT2D eigenvalue weighted by molar-refractivity contribution is 9.09. The topological polar surface area (TPSA) is 106 Å². The van der Waals surface area contributed by atoms with Crippen molar-refractivity contribution < 1.29 is 25.3 Å². The number of phenolic OH excluding ortho intramolecular Hbond substituents is 2. The van der Waals surface area contributed by atoms with E-state index in [1.54, 1.807) is 24.3 Å². The van der Waals surface area contributed by atoms with E-state index in [2.05, 4.69) is 31.9 Å². The molecule has 2 atom stereocenters. The number of alkyl halides is 2. The number of benzene rings is 4. The fourth-order valence-electron chi connectivity index (χ4n) is 4.26. The lowest BCUT2D eigenvalue weighted by molar-refractivity contribution is 0.0983. The molecule has 204 valence electrons. The van der Waals surface area contributed by atoms with Crippen LogP contribution in [0.5, 0.6) is 11.5 Å². The Balaban J connectivity index is 0.000000267. The minimum absolute atomic E-state index is 0. The van der Waals surface area contributed by atoms with Crippen LogP contribution in [0.2, 0.25) is 0 Å². The molecule has 5 nitrogen and oxygen atoms in total. The third-order valence-corrected chi connectivity index (χ3v) is 8.10. The average Bonchev–Trinajstić information content (AvgIpc) is 2.89. The van der Waals surface area contributed by atoms with Gasteiger partial charge in [0.1, 0.15) is 21.2 Å². The van der Waals surface area contributed by atoms with Crippen molar-refractivity contribution >= 4 is 43.4 Å². The molecule has 0 radical (unpaired) electrons. The van der Waals surface area contributed by atoms with E-state index in [0.717, 1.165) is 33.4 Å². The second-order valence-corrected chi connectivity index (χ2v) is 11.0. The van der Waals surface area contributed by atoms with Crippen molar-refractivity contribution in [3.63, 3.8) is 0 Å². The van der Waals surface area contributed by atoms with E-state index in [0.29, 0.717) is 11.1 Å². The quantitative estimate of drug-likeness (QED) is 0.163. The van der Waals surface area contributed by atoms with Crippen molar-refractivity contribution in [2.45, 2.75) is 37.3 Å². The second-order valence-electron chi connectivity index (χ2n) is 9.16. The maximum Gasteiger partial charge on any atom is 0.180 e. The molecule has 0 saturated heterocycles. The van der Waals surface area contributed by atoms with Gasteiger partial charge in [0.05, 0.1) is 0 Å². The number of aromatic hydroxyl groups is 2. The summed E-state index contributed by atoms with van der Waals surface area (Å²) >= 11 is 6.99. The first-order chi connectivity index (χ1) is 18.0. The monoisotopic (exact) mass is 654 g/mol. The molecule has 4 aromatic carbocycles. The van der Waals surface area contributed by atoms with Gasteiger partial charge >= 0.3 is 0 Å². The number of ketones is 2. The van der Waals surface area contributed by atoms with Crippen LogP contribution >= 0.6 is 31.9 Å². The van der Waals surface area contributed by atoms with Crippen LogP contribution in [-0.2, 0) is 0 Å². The number of rotatable bonds is 6. The predicted molar refractivity (Wildman–Crippen MR) is 164 cm³/mol. The minimum atomic E-state index is -0.363. The van der Waals surface area contributed by atoms with Crippen molar-refractivity contribution in [1.82, 2.24) is 0 Å². The molecule has 4 rings (SSSR count). The molecule has 0 amide bonds. The summed E-state index contributed by atoms with van der Waals surface area (Å²) in [6.07, 6.45) is 0. The first-order valence-corrected chi connectivity index (χ1v) is 13.9. The lowest BCUT2D eigenvalue weighted by Gasteiger charge is -2.15. The van der Waals surface area contributed by atoms with Crippen molar-refractivity contribution in [2.75, 3.05) is 0 Å². The van der Waals surface area contributed by atoms with E-state index >= 15 is 0 Å². The molecule has 0 fully saturated rings. The molecule has 0 heterocycles. The summed E-state index contributed by atoms with van der Waals surface area (Å²) < 4.78 is 0. The molecule has 2 unspecified atom stereocenters. The van der Waals surface area contributed by atoms with Gasteiger partial charge < -0.3 is 15.7 Å². The van der Waals surface area contributed by atoms with Gasteiger partial charge in [0.15, 0.2) is 11.6 Å². The Morgan fingerprint density at radius 1 is 0.538 bits per heavy atom. The molecule has 0 aliphatic rings. The third kappa shape index (κ3) is 7.88. The molecule has 0 aliphatic heterocycles. The molecule has 4 N–H and O–H groups in total. The van der Waals surface area contributed by atoms with Crippen LogP contribution in [0.3, 0.4) is 0 Å². The summed E-state index contributed by atoms with van der Waals surface area (Å²) in [5.74, 6) is 0.319. The van der Waals surface area contributed by atoms with Crippen LogP contribution in [0.1, 0.15) is 63.8 Å². The fraction of sp³-hybridized carbons (Fsp3) is 0.188. The van der Waals surface area contributed by atoms with Gasteiger partial charge in [0.25, 0.3) is 0 Å². The first kappa shape index (κ1) is 32.0. The standard InChI is InChI=1S/2C16H15BrO2.H2O/c2*1-10-4-3-5-11(2)14(10)15(17)16(19)12-6-8-13(18)9-7-12;/h2*3-9,15,18H,1-2H3;1H2. The third-order valence-electron chi connectivity index (χ3n) is 6.36. The number of carbonyl (C=O) groups excluding carboxylic acids is 2. The van der Waals surface area contributed by atoms with E-state index in [1.807, 2.05) is 64.1 Å². The van der Waals surface area contributed by atoms with Crippen LogP contribution in [0.15, 0.2) is 84.9 Å². The normalized spacial score (nSPS) is 11.8. The van der Waals surface area contributed by atoms with Crippen LogP contribution in [0.25, 0.3) is 0 Å². The number of aryl methyl sites for hydroxylation is 4. The van der Waals surface area contributed by atoms with E-state index in [9.17, 15) is 19.8 Å².